The number of benzene rings is 2. The van der Waals surface area contributed by atoms with Crippen LogP contribution in [0.4, 0.5) is 5.69 Å². The van der Waals surface area contributed by atoms with Gasteiger partial charge in [-0.3, -0.25) is 9.69 Å². The number of ether oxygens (including phenoxy) is 2. The van der Waals surface area contributed by atoms with Crippen molar-refractivity contribution in [2.45, 2.75) is 39.2 Å². The van der Waals surface area contributed by atoms with Crippen LogP contribution < -0.4 is 9.47 Å². The molecular weight excluding hydrogens is 372 g/mol. The molecule has 1 amide bonds. The van der Waals surface area contributed by atoms with E-state index in [1.165, 1.54) is 5.56 Å². The topological polar surface area (TPSA) is 51.1 Å². The Balaban J connectivity index is 1.47. The molecule has 0 aromatic heterocycles. The minimum absolute atomic E-state index is 0.125. The van der Waals surface area contributed by atoms with Crippen molar-refractivity contribution in [1.82, 2.24) is 4.90 Å². The molecule has 2 aliphatic heterocycles. The average molecular weight is 397 g/mol. The summed E-state index contributed by atoms with van der Waals surface area (Å²) < 4.78 is 10.8. The zero-order chi connectivity index (χ0) is 19.5. The largest absolute Gasteiger partial charge is 0.454 e. The second kappa shape index (κ2) is 8.27. The molecule has 1 atom stereocenters. The number of carbonyl (C=O) groups excluding carboxylic acids is 1. The Hall–Kier alpha value is -2.47. The molecule has 2 aliphatic rings. The van der Waals surface area contributed by atoms with Gasteiger partial charge in [-0.1, -0.05) is 42.4 Å². The van der Waals surface area contributed by atoms with Crippen LogP contribution in [-0.2, 0) is 11.2 Å². The highest BCUT2D eigenvalue weighted by Crippen LogP contribution is 2.33. The van der Waals surface area contributed by atoms with E-state index in [4.69, 9.17) is 14.5 Å². The lowest BCUT2D eigenvalue weighted by molar-refractivity contribution is -0.128. The standard InChI is InChI=1S/C22H24N2O3S/c1-3-18-13-28-22(23-17-8-4-15(2)5-9-17)24(18)21(25)11-7-16-6-10-19-20(12-16)27-14-26-19/h4-6,8-10,12,18H,3,7,11,13-14H2,1-2H3. The predicted molar refractivity (Wildman–Crippen MR) is 113 cm³/mol. The number of nitrogens with zero attached hydrogens (tertiary/aromatic N) is 2. The molecule has 1 fully saturated rings. The summed E-state index contributed by atoms with van der Waals surface area (Å²) in [4.78, 5) is 19.7. The lowest BCUT2D eigenvalue weighted by Gasteiger charge is -2.23. The zero-order valence-electron chi connectivity index (χ0n) is 16.2. The maximum absolute atomic E-state index is 13.1. The molecule has 2 aromatic rings. The Morgan fingerprint density at radius 1 is 1.18 bits per heavy atom. The number of fused-ring (bicyclic) bond motifs is 1. The third-order valence-corrected chi connectivity index (χ3v) is 6.14. The first-order valence-corrected chi connectivity index (χ1v) is 10.6. The summed E-state index contributed by atoms with van der Waals surface area (Å²) in [5.74, 6) is 2.55. The molecule has 28 heavy (non-hydrogen) atoms. The van der Waals surface area contributed by atoms with Crippen molar-refractivity contribution in [3.63, 3.8) is 0 Å². The minimum Gasteiger partial charge on any atom is -0.454 e. The number of aliphatic imine (C=N–C) groups is 1. The van der Waals surface area contributed by atoms with Gasteiger partial charge in [0, 0.05) is 18.2 Å². The van der Waals surface area contributed by atoms with Crippen LogP contribution in [0.5, 0.6) is 11.5 Å². The lowest BCUT2D eigenvalue weighted by Crippen LogP contribution is -2.39. The normalized spacial score (nSPS) is 19.4. The van der Waals surface area contributed by atoms with Gasteiger partial charge in [-0.15, -0.1) is 0 Å². The predicted octanol–water partition coefficient (Wildman–Crippen LogP) is 4.70. The van der Waals surface area contributed by atoms with Gasteiger partial charge in [0.15, 0.2) is 16.7 Å². The summed E-state index contributed by atoms with van der Waals surface area (Å²) in [5, 5.41) is 0.811. The van der Waals surface area contributed by atoms with E-state index in [9.17, 15) is 4.79 Å². The van der Waals surface area contributed by atoms with E-state index in [1.807, 2.05) is 47.4 Å². The lowest BCUT2D eigenvalue weighted by atomic mass is 10.1. The van der Waals surface area contributed by atoms with Crippen molar-refractivity contribution >= 4 is 28.5 Å². The number of carbonyl (C=O) groups is 1. The fraction of sp³-hybridized carbons (Fsp3) is 0.364. The van der Waals surface area contributed by atoms with E-state index in [-0.39, 0.29) is 18.7 Å². The number of hydrogen-bond donors (Lipinski definition) is 0. The fourth-order valence-electron chi connectivity index (χ4n) is 3.37. The van der Waals surface area contributed by atoms with Gasteiger partial charge in [0.1, 0.15) is 0 Å². The maximum Gasteiger partial charge on any atom is 0.231 e. The Kier molecular flexibility index (Phi) is 5.57. The van der Waals surface area contributed by atoms with Gasteiger partial charge < -0.3 is 9.47 Å². The molecule has 1 unspecified atom stereocenters. The molecule has 2 heterocycles. The molecule has 4 rings (SSSR count). The molecule has 2 aromatic carbocycles. The van der Waals surface area contributed by atoms with Crippen LogP contribution in [0.15, 0.2) is 47.5 Å². The number of amides is 1. The van der Waals surface area contributed by atoms with Crippen molar-refractivity contribution in [1.29, 1.82) is 0 Å². The number of rotatable bonds is 5. The number of aryl methyl sites for hydroxylation is 2. The average Bonchev–Trinajstić information content (AvgIpc) is 3.34. The van der Waals surface area contributed by atoms with Gasteiger partial charge in [0.25, 0.3) is 0 Å². The molecule has 0 bridgehead atoms. The molecule has 1 saturated heterocycles. The van der Waals surface area contributed by atoms with E-state index in [2.05, 4.69) is 13.8 Å². The summed E-state index contributed by atoms with van der Waals surface area (Å²) in [6.07, 6.45) is 2.05. The first-order valence-electron chi connectivity index (χ1n) is 9.63. The van der Waals surface area contributed by atoms with E-state index in [0.717, 1.165) is 40.1 Å². The van der Waals surface area contributed by atoms with Gasteiger partial charge in [-0.2, -0.15) is 0 Å². The fourth-order valence-corrected chi connectivity index (χ4v) is 4.65. The van der Waals surface area contributed by atoms with Crippen LogP contribution in [0.3, 0.4) is 0 Å². The molecule has 0 radical (unpaired) electrons. The van der Waals surface area contributed by atoms with Crippen molar-refractivity contribution < 1.29 is 14.3 Å². The Morgan fingerprint density at radius 3 is 2.75 bits per heavy atom. The highest BCUT2D eigenvalue weighted by atomic mass is 32.2. The number of thioether (sulfide) groups is 1. The van der Waals surface area contributed by atoms with E-state index >= 15 is 0 Å². The van der Waals surface area contributed by atoms with Crippen LogP contribution in [0, 0.1) is 6.92 Å². The Morgan fingerprint density at radius 2 is 1.96 bits per heavy atom. The SMILES string of the molecule is CCC1CSC(=Nc2ccc(C)cc2)N1C(=O)CCc1ccc2c(c1)OCO2. The monoisotopic (exact) mass is 396 g/mol. The third-order valence-electron chi connectivity index (χ3n) is 5.04. The summed E-state index contributed by atoms with van der Waals surface area (Å²) in [6, 6.07) is 14.2. The zero-order valence-corrected chi connectivity index (χ0v) is 17.0. The van der Waals surface area contributed by atoms with Crippen molar-refractivity contribution in [2.24, 2.45) is 4.99 Å². The highest BCUT2D eigenvalue weighted by Gasteiger charge is 2.33. The van der Waals surface area contributed by atoms with Crippen molar-refractivity contribution in [3.8, 4) is 11.5 Å². The minimum atomic E-state index is 0.125. The van der Waals surface area contributed by atoms with Gasteiger partial charge in [-0.25, -0.2) is 4.99 Å². The van der Waals surface area contributed by atoms with Crippen LogP contribution in [0.25, 0.3) is 0 Å². The molecule has 0 aliphatic carbocycles. The van der Waals surface area contributed by atoms with E-state index < -0.39 is 0 Å². The Bertz CT molecular complexity index is 895. The maximum atomic E-state index is 13.1. The van der Waals surface area contributed by atoms with Crippen molar-refractivity contribution in [3.05, 3.63) is 53.6 Å². The van der Waals surface area contributed by atoms with Gasteiger partial charge >= 0.3 is 0 Å². The van der Waals surface area contributed by atoms with Gasteiger partial charge in [-0.05, 0) is 49.6 Å². The van der Waals surface area contributed by atoms with Gasteiger partial charge in [0.2, 0.25) is 12.7 Å². The smallest absolute Gasteiger partial charge is 0.231 e. The first-order chi connectivity index (χ1) is 13.6. The summed E-state index contributed by atoms with van der Waals surface area (Å²) >= 11 is 1.67. The second-order valence-corrected chi connectivity index (χ2v) is 8.04. The van der Waals surface area contributed by atoms with Crippen LogP contribution in [-0.4, -0.2) is 34.6 Å². The molecule has 6 heteroatoms. The number of amidine groups is 1. The summed E-state index contributed by atoms with van der Waals surface area (Å²) in [6.45, 7) is 4.44. The van der Waals surface area contributed by atoms with Crippen molar-refractivity contribution in [2.75, 3.05) is 12.5 Å². The van der Waals surface area contributed by atoms with Crippen LogP contribution >= 0.6 is 11.8 Å². The van der Waals surface area contributed by atoms with E-state index in [0.29, 0.717) is 12.8 Å². The molecule has 146 valence electrons. The molecule has 0 N–H and O–H groups in total. The quantitative estimate of drug-likeness (QED) is 0.735. The molecule has 5 nitrogen and oxygen atoms in total. The van der Waals surface area contributed by atoms with Crippen LogP contribution in [0.1, 0.15) is 30.9 Å². The van der Waals surface area contributed by atoms with E-state index in [1.54, 1.807) is 11.8 Å². The number of hydrogen-bond acceptors (Lipinski definition) is 5. The first kappa shape index (κ1) is 18.9. The highest BCUT2D eigenvalue weighted by molar-refractivity contribution is 8.14. The van der Waals surface area contributed by atoms with Crippen LogP contribution in [0.2, 0.25) is 0 Å². The molecule has 0 saturated carbocycles. The molecule has 0 spiro atoms. The summed E-state index contributed by atoms with van der Waals surface area (Å²) in [7, 11) is 0. The second-order valence-electron chi connectivity index (χ2n) is 7.05. The third kappa shape index (κ3) is 4.02. The molecular formula is C22H24N2O3S. The summed E-state index contributed by atoms with van der Waals surface area (Å²) in [5.41, 5.74) is 3.17. The Labute approximate surface area is 169 Å². The van der Waals surface area contributed by atoms with Gasteiger partial charge in [0.05, 0.1) is 5.69 Å².